The Morgan fingerprint density at radius 1 is 0.750 bits per heavy atom. The van der Waals surface area contributed by atoms with Gasteiger partial charge in [0.1, 0.15) is 0 Å². The first kappa shape index (κ1) is 18.2. The molecule has 28 heavy (non-hydrogen) atoms. The highest BCUT2D eigenvalue weighted by atomic mass is 16.2. The predicted octanol–water partition coefficient (Wildman–Crippen LogP) is 5.47. The van der Waals surface area contributed by atoms with E-state index in [4.69, 9.17) is 5.73 Å². The maximum Gasteiger partial charge on any atom is 0.266 e. The van der Waals surface area contributed by atoms with Crippen LogP contribution in [0, 0.1) is 0 Å². The fourth-order valence-electron chi connectivity index (χ4n) is 4.09. The standard InChI is InChI=1S/C24H24N2O2/c1-13(2)15-7-5-8-16(14(3)4)22(15)26-23(27)18-10-6-9-17-20(25)12-11-19(21(17)18)24(26)28/h5-14H,25H2,1-4H3. The van der Waals surface area contributed by atoms with Crippen LogP contribution in [0.25, 0.3) is 10.8 Å². The van der Waals surface area contributed by atoms with Crippen LogP contribution in [0.4, 0.5) is 11.4 Å². The van der Waals surface area contributed by atoms with E-state index in [1.54, 1.807) is 18.2 Å². The number of amides is 2. The minimum Gasteiger partial charge on any atom is -0.398 e. The van der Waals surface area contributed by atoms with Gasteiger partial charge in [0.15, 0.2) is 0 Å². The van der Waals surface area contributed by atoms with Crippen molar-refractivity contribution in [2.45, 2.75) is 39.5 Å². The third kappa shape index (κ3) is 2.52. The second-order valence-electron chi connectivity index (χ2n) is 7.97. The lowest BCUT2D eigenvalue weighted by molar-refractivity contribution is 0.0893. The molecule has 0 saturated heterocycles. The molecular weight excluding hydrogens is 348 g/mol. The summed E-state index contributed by atoms with van der Waals surface area (Å²) in [5.74, 6) is -0.219. The summed E-state index contributed by atoms with van der Waals surface area (Å²) in [7, 11) is 0. The SMILES string of the molecule is CC(C)c1cccc(C(C)C)c1N1C(=O)c2cccc3c(N)ccc(c23)C1=O. The van der Waals surface area contributed by atoms with E-state index in [2.05, 4.69) is 27.7 Å². The Morgan fingerprint density at radius 3 is 1.86 bits per heavy atom. The molecule has 0 saturated carbocycles. The molecule has 4 rings (SSSR count). The predicted molar refractivity (Wildman–Crippen MR) is 114 cm³/mol. The average molecular weight is 372 g/mol. The van der Waals surface area contributed by atoms with E-state index in [0.29, 0.717) is 22.2 Å². The molecule has 0 atom stereocenters. The summed E-state index contributed by atoms with van der Waals surface area (Å²) < 4.78 is 0. The zero-order chi connectivity index (χ0) is 20.2. The van der Waals surface area contributed by atoms with Crippen molar-refractivity contribution in [2.75, 3.05) is 10.6 Å². The molecule has 4 nitrogen and oxygen atoms in total. The van der Waals surface area contributed by atoms with Crippen molar-refractivity contribution >= 4 is 34.0 Å². The van der Waals surface area contributed by atoms with E-state index >= 15 is 0 Å². The molecule has 0 spiro atoms. The van der Waals surface area contributed by atoms with Gasteiger partial charge in [0, 0.05) is 27.6 Å². The highest BCUT2D eigenvalue weighted by Crippen LogP contribution is 2.41. The van der Waals surface area contributed by atoms with Gasteiger partial charge >= 0.3 is 0 Å². The maximum absolute atomic E-state index is 13.5. The van der Waals surface area contributed by atoms with Crippen LogP contribution < -0.4 is 10.6 Å². The van der Waals surface area contributed by atoms with Crippen LogP contribution in [-0.4, -0.2) is 11.8 Å². The zero-order valence-electron chi connectivity index (χ0n) is 16.6. The molecule has 1 heterocycles. The van der Waals surface area contributed by atoms with Crippen molar-refractivity contribution in [1.29, 1.82) is 0 Å². The van der Waals surface area contributed by atoms with Gasteiger partial charge in [-0.15, -0.1) is 0 Å². The molecule has 0 bridgehead atoms. The van der Waals surface area contributed by atoms with Crippen molar-refractivity contribution < 1.29 is 9.59 Å². The van der Waals surface area contributed by atoms with Gasteiger partial charge < -0.3 is 5.73 Å². The van der Waals surface area contributed by atoms with Crippen LogP contribution in [0.2, 0.25) is 0 Å². The lowest BCUT2D eigenvalue weighted by Gasteiger charge is -2.32. The number of nitrogen functional groups attached to an aromatic ring is 1. The Labute approximate surface area is 165 Å². The maximum atomic E-state index is 13.5. The summed E-state index contributed by atoms with van der Waals surface area (Å²) >= 11 is 0. The Balaban J connectivity index is 2.04. The number of para-hydroxylation sites is 1. The Kier molecular flexibility index (Phi) is 4.22. The Morgan fingerprint density at radius 2 is 1.29 bits per heavy atom. The van der Waals surface area contributed by atoms with Gasteiger partial charge in [-0.2, -0.15) is 0 Å². The number of imide groups is 1. The number of anilines is 2. The average Bonchev–Trinajstić information content (AvgIpc) is 2.67. The van der Waals surface area contributed by atoms with Gasteiger partial charge in [-0.3, -0.25) is 9.59 Å². The van der Waals surface area contributed by atoms with Crippen LogP contribution in [-0.2, 0) is 0 Å². The lowest BCUT2D eigenvalue weighted by atomic mass is 9.88. The second-order valence-corrected chi connectivity index (χ2v) is 7.97. The number of nitrogens with two attached hydrogens (primary N) is 1. The van der Waals surface area contributed by atoms with Gasteiger partial charge in [-0.1, -0.05) is 58.0 Å². The molecule has 0 aromatic heterocycles. The van der Waals surface area contributed by atoms with Crippen molar-refractivity contribution in [2.24, 2.45) is 0 Å². The molecule has 0 radical (unpaired) electrons. The van der Waals surface area contributed by atoms with Gasteiger partial charge in [0.2, 0.25) is 0 Å². The van der Waals surface area contributed by atoms with Crippen LogP contribution in [0.5, 0.6) is 0 Å². The minimum absolute atomic E-state index is 0.179. The molecule has 3 aromatic rings. The first-order chi connectivity index (χ1) is 13.3. The number of rotatable bonds is 3. The monoisotopic (exact) mass is 372 g/mol. The van der Waals surface area contributed by atoms with E-state index in [0.717, 1.165) is 22.2 Å². The van der Waals surface area contributed by atoms with Crippen molar-refractivity contribution in [1.82, 2.24) is 0 Å². The van der Waals surface area contributed by atoms with Gasteiger partial charge in [0.05, 0.1) is 5.69 Å². The number of carbonyl (C=O) groups excluding carboxylic acids is 2. The van der Waals surface area contributed by atoms with E-state index in [1.807, 2.05) is 30.3 Å². The van der Waals surface area contributed by atoms with Gasteiger partial charge in [-0.05, 0) is 41.2 Å². The molecule has 0 unspecified atom stereocenters. The smallest absolute Gasteiger partial charge is 0.266 e. The van der Waals surface area contributed by atoms with E-state index in [1.165, 1.54) is 4.90 Å². The molecule has 2 amide bonds. The molecule has 1 aliphatic rings. The molecule has 0 aliphatic carbocycles. The normalized spacial score (nSPS) is 13.9. The molecular formula is C24H24N2O2. The first-order valence-electron chi connectivity index (χ1n) is 9.65. The molecule has 0 fully saturated rings. The topological polar surface area (TPSA) is 63.4 Å². The first-order valence-corrected chi connectivity index (χ1v) is 9.65. The molecule has 142 valence electrons. The fraction of sp³-hybridized carbons (Fsp3) is 0.250. The van der Waals surface area contributed by atoms with Crippen molar-refractivity contribution in [3.63, 3.8) is 0 Å². The van der Waals surface area contributed by atoms with Crippen molar-refractivity contribution in [3.8, 4) is 0 Å². The molecule has 2 N–H and O–H groups in total. The van der Waals surface area contributed by atoms with Crippen LogP contribution in [0.1, 0.15) is 71.4 Å². The Bertz CT molecular complexity index is 1080. The molecule has 4 heteroatoms. The summed E-state index contributed by atoms with van der Waals surface area (Å²) in [5, 5.41) is 1.40. The van der Waals surface area contributed by atoms with E-state index in [9.17, 15) is 9.59 Å². The fourth-order valence-corrected chi connectivity index (χ4v) is 4.09. The highest BCUT2D eigenvalue weighted by molar-refractivity contribution is 6.36. The molecule has 3 aromatic carbocycles. The second kappa shape index (κ2) is 6.48. The van der Waals surface area contributed by atoms with Crippen LogP contribution in [0.3, 0.4) is 0 Å². The van der Waals surface area contributed by atoms with E-state index < -0.39 is 0 Å². The third-order valence-electron chi connectivity index (χ3n) is 5.51. The summed E-state index contributed by atoms with van der Waals surface area (Å²) in [4.78, 5) is 28.5. The number of benzene rings is 3. The Hall–Kier alpha value is -3.14. The summed E-state index contributed by atoms with van der Waals surface area (Å²) in [5.41, 5.74) is 10.4. The summed E-state index contributed by atoms with van der Waals surface area (Å²) in [6, 6.07) is 14.9. The number of carbonyl (C=O) groups is 2. The van der Waals surface area contributed by atoms with E-state index in [-0.39, 0.29) is 23.7 Å². The van der Waals surface area contributed by atoms with Gasteiger partial charge in [0.25, 0.3) is 11.8 Å². The van der Waals surface area contributed by atoms with Crippen LogP contribution in [0.15, 0.2) is 48.5 Å². The quantitative estimate of drug-likeness (QED) is 0.490. The number of hydrogen-bond acceptors (Lipinski definition) is 3. The zero-order valence-corrected chi connectivity index (χ0v) is 16.6. The largest absolute Gasteiger partial charge is 0.398 e. The summed E-state index contributed by atoms with van der Waals surface area (Å²) in [6.07, 6.45) is 0. The number of hydrogen-bond donors (Lipinski definition) is 1. The summed E-state index contributed by atoms with van der Waals surface area (Å²) in [6.45, 7) is 8.32. The minimum atomic E-state index is -0.288. The highest BCUT2D eigenvalue weighted by Gasteiger charge is 2.37. The number of nitrogens with zero attached hydrogens (tertiary/aromatic N) is 1. The lowest BCUT2D eigenvalue weighted by Crippen LogP contribution is -2.41. The van der Waals surface area contributed by atoms with Gasteiger partial charge in [-0.25, -0.2) is 4.90 Å². The van der Waals surface area contributed by atoms with Crippen molar-refractivity contribution in [3.05, 3.63) is 70.8 Å². The third-order valence-corrected chi connectivity index (χ3v) is 5.51. The van der Waals surface area contributed by atoms with Crippen LogP contribution >= 0.6 is 0 Å². The molecule has 1 aliphatic heterocycles.